The molecule has 0 bridgehead atoms. The van der Waals surface area contributed by atoms with Crippen LogP contribution in [0.2, 0.25) is 0 Å². The highest BCUT2D eigenvalue weighted by Gasteiger charge is 2.10. The second-order valence-electron chi connectivity index (χ2n) is 4.80. The van der Waals surface area contributed by atoms with Gasteiger partial charge in [0, 0.05) is 17.3 Å². The van der Waals surface area contributed by atoms with Crippen molar-refractivity contribution in [1.82, 2.24) is 24.7 Å². The van der Waals surface area contributed by atoms with Crippen molar-refractivity contribution in [2.75, 3.05) is 0 Å². The Morgan fingerprint density at radius 2 is 2.00 bits per heavy atom. The first-order valence-corrected chi connectivity index (χ1v) is 6.54. The van der Waals surface area contributed by atoms with E-state index in [1.165, 1.54) is 29.4 Å². The summed E-state index contributed by atoms with van der Waals surface area (Å²) in [5.41, 5.74) is 2.24. The van der Waals surface area contributed by atoms with Crippen LogP contribution in [-0.2, 0) is 0 Å². The van der Waals surface area contributed by atoms with E-state index in [1.807, 2.05) is 19.9 Å². The highest BCUT2D eigenvalue weighted by atomic mass is 16.3. The second-order valence-corrected chi connectivity index (χ2v) is 4.80. The molecule has 0 atom stereocenters. The molecule has 2 N–H and O–H groups in total. The van der Waals surface area contributed by atoms with Gasteiger partial charge in [-0.2, -0.15) is 14.9 Å². The van der Waals surface area contributed by atoms with Gasteiger partial charge in [0.05, 0.1) is 11.9 Å². The molecule has 112 valence electrons. The summed E-state index contributed by atoms with van der Waals surface area (Å²) in [7, 11) is 0. The van der Waals surface area contributed by atoms with Crippen LogP contribution in [0.4, 0.5) is 0 Å². The number of nitrogens with zero attached hydrogens (tertiary/aromatic N) is 6. The normalized spacial score (nSPS) is 11.4. The molecule has 0 aliphatic rings. The summed E-state index contributed by atoms with van der Waals surface area (Å²) >= 11 is 0. The highest BCUT2D eigenvalue weighted by molar-refractivity contribution is 5.83. The summed E-state index contributed by atoms with van der Waals surface area (Å²) in [4.78, 5) is 0. The fraction of sp³-hybridized carbons (Fsp3) is 0.143. The van der Waals surface area contributed by atoms with Gasteiger partial charge in [-0.05, 0) is 32.0 Å². The third kappa shape index (κ3) is 2.53. The summed E-state index contributed by atoms with van der Waals surface area (Å²) in [5.74, 6) is 0.367. The molecule has 0 amide bonds. The van der Waals surface area contributed by atoms with E-state index in [-0.39, 0.29) is 11.5 Å². The van der Waals surface area contributed by atoms with Crippen molar-refractivity contribution >= 4 is 6.21 Å². The molecule has 0 fully saturated rings. The standard InChI is InChI=1S/C14H14N6O2/c1-9-5-10(2)20(18-9)14-17-15-8-19(14)16-7-11-3-4-12(21)6-13(11)22/h3-8,21-22H,1-2H3/b16-7+. The second kappa shape index (κ2) is 5.32. The minimum atomic E-state index is -0.0653. The zero-order valence-corrected chi connectivity index (χ0v) is 12.0. The zero-order valence-electron chi connectivity index (χ0n) is 12.0. The zero-order chi connectivity index (χ0) is 15.7. The minimum absolute atomic E-state index is 0.0118. The number of hydrogen-bond acceptors (Lipinski definition) is 6. The predicted molar refractivity (Wildman–Crippen MR) is 79.4 cm³/mol. The topological polar surface area (TPSA) is 101 Å². The van der Waals surface area contributed by atoms with Gasteiger partial charge >= 0.3 is 0 Å². The van der Waals surface area contributed by atoms with Gasteiger partial charge in [0.2, 0.25) is 0 Å². The fourth-order valence-electron chi connectivity index (χ4n) is 2.04. The average molecular weight is 298 g/mol. The lowest BCUT2D eigenvalue weighted by molar-refractivity contribution is 0.450. The van der Waals surface area contributed by atoms with E-state index >= 15 is 0 Å². The molecule has 0 unspecified atom stereocenters. The lowest BCUT2D eigenvalue weighted by Crippen LogP contribution is -2.06. The summed E-state index contributed by atoms with van der Waals surface area (Å²) < 4.78 is 3.09. The molecule has 2 heterocycles. The number of phenols is 2. The number of aryl methyl sites for hydroxylation is 2. The third-order valence-corrected chi connectivity index (χ3v) is 3.05. The van der Waals surface area contributed by atoms with E-state index in [0.717, 1.165) is 11.4 Å². The largest absolute Gasteiger partial charge is 0.508 e. The van der Waals surface area contributed by atoms with Gasteiger partial charge < -0.3 is 10.2 Å². The number of phenolic OH excluding ortho intramolecular Hbond substituents is 2. The SMILES string of the molecule is Cc1cc(C)n(-c2nncn2/N=C/c2ccc(O)cc2O)n1. The Labute approximate surface area is 126 Å². The molecule has 3 rings (SSSR count). The van der Waals surface area contributed by atoms with Crippen molar-refractivity contribution in [3.63, 3.8) is 0 Å². The molecule has 8 nitrogen and oxygen atoms in total. The van der Waals surface area contributed by atoms with E-state index in [0.29, 0.717) is 11.5 Å². The van der Waals surface area contributed by atoms with Crippen LogP contribution in [0.5, 0.6) is 11.5 Å². The molecule has 22 heavy (non-hydrogen) atoms. The van der Waals surface area contributed by atoms with Crippen molar-refractivity contribution in [3.8, 4) is 17.4 Å². The number of rotatable bonds is 3. The summed E-state index contributed by atoms with van der Waals surface area (Å²) in [6, 6.07) is 6.20. The van der Waals surface area contributed by atoms with Gasteiger partial charge in [0.15, 0.2) is 0 Å². The third-order valence-electron chi connectivity index (χ3n) is 3.05. The Morgan fingerprint density at radius 3 is 2.68 bits per heavy atom. The van der Waals surface area contributed by atoms with Gasteiger partial charge in [-0.1, -0.05) is 0 Å². The Hall–Kier alpha value is -3.16. The van der Waals surface area contributed by atoms with Crippen molar-refractivity contribution in [2.24, 2.45) is 5.10 Å². The smallest absolute Gasteiger partial charge is 0.273 e. The maximum absolute atomic E-state index is 9.74. The van der Waals surface area contributed by atoms with Crippen LogP contribution in [0.1, 0.15) is 17.0 Å². The Morgan fingerprint density at radius 1 is 1.18 bits per heavy atom. The Balaban J connectivity index is 1.96. The molecule has 0 spiro atoms. The Bertz CT molecular complexity index is 849. The van der Waals surface area contributed by atoms with Crippen LogP contribution in [0.15, 0.2) is 35.7 Å². The fourth-order valence-corrected chi connectivity index (χ4v) is 2.04. The molecule has 3 aromatic rings. The van der Waals surface area contributed by atoms with Crippen LogP contribution in [-0.4, -0.2) is 41.1 Å². The van der Waals surface area contributed by atoms with Gasteiger partial charge in [0.1, 0.15) is 17.8 Å². The van der Waals surface area contributed by atoms with Gasteiger partial charge in [-0.25, -0.2) is 4.68 Å². The van der Waals surface area contributed by atoms with Crippen LogP contribution >= 0.6 is 0 Å². The number of hydrogen-bond donors (Lipinski definition) is 2. The quantitative estimate of drug-likeness (QED) is 0.711. The summed E-state index contributed by atoms with van der Waals surface area (Å²) in [6.07, 6.45) is 2.90. The predicted octanol–water partition coefficient (Wildman–Crippen LogP) is 1.37. The van der Waals surface area contributed by atoms with Gasteiger partial charge in [-0.3, -0.25) is 0 Å². The van der Waals surface area contributed by atoms with E-state index in [9.17, 15) is 10.2 Å². The molecule has 8 heteroatoms. The maximum Gasteiger partial charge on any atom is 0.273 e. The average Bonchev–Trinajstić information content (AvgIpc) is 3.03. The monoisotopic (exact) mass is 298 g/mol. The Kier molecular flexibility index (Phi) is 3.34. The van der Waals surface area contributed by atoms with Crippen LogP contribution < -0.4 is 0 Å². The van der Waals surface area contributed by atoms with Crippen LogP contribution in [0, 0.1) is 13.8 Å². The first-order valence-electron chi connectivity index (χ1n) is 6.54. The van der Waals surface area contributed by atoms with Crippen LogP contribution in [0.25, 0.3) is 5.95 Å². The van der Waals surface area contributed by atoms with Crippen molar-refractivity contribution in [1.29, 1.82) is 0 Å². The molecule has 0 saturated carbocycles. The molecule has 0 aliphatic carbocycles. The molecular formula is C14H14N6O2. The number of aromatic hydroxyl groups is 2. The van der Waals surface area contributed by atoms with Gasteiger partial charge in [0.25, 0.3) is 5.95 Å². The van der Waals surface area contributed by atoms with Crippen molar-refractivity contribution in [2.45, 2.75) is 13.8 Å². The summed E-state index contributed by atoms with van der Waals surface area (Å²) in [6.45, 7) is 3.80. The van der Waals surface area contributed by atoms with Crippen molar-refractivity contribution in [3.05, 3.63) is 47.5 Å². The lowest BCUT2D eigenvalue weighted by Gasteiger charge is -2.03. The molecule has 0 saturated heterocycles. The van der Waals surface area contributed by atoms with Gasteiger partial charge in [-0.15, -0.1) is 10.2 Å². The molecule has 1 aromatic carbocycles. The minimum Gasteiger partial charge on any atom is -0.508 e. The van der Waals surface area contributed by atoms with E-state index in [4.69, 9.17) is 0 Å². The summed E-state index contributed by atoms with van der Waals surface area (Å²) in [5, 5.41) is 35.4. The molecule has 2 aromatic heterocycles. The maximum atomic E-state index is 9.74. The van der Waals surface area contributed by atoms with Crippen molar-refractivity contribution < 1.29 is 10.2 Å². The van der Waals surface area contributed by atoms with E-state index < -0.39 is 0 Å². The lowest BCUT2D eigenvalue weighted by atomic mass is 10.2. The molecule has 0 radical (unpaired) electrons. The molecule has 0 aliphatic heterocycles. The first-order chi connectivity index (χ1) is 10.5. The highest BCUT2D eigenvalue weighted by Crippen LogP contribution is 2.21. The van der Waals surface area contributed by atoms with E-state index in [1.54, 1.807) is 10.7 Å². The number of aromatic nitrogens is 5. The molecular weight excluding hydrogens is 284 g/mol. The number of benzene rings is 1. The van der Waals surface area contributed by atoms with Crippen LogP contribution in [0.3, 0.4) is 0 Å². The van der Waals surface area contributed by atoms with E-state index in [2.05, 4.69) is 20.4 Å². The first kappa shape index (κ1) is 13.8.